The molecule has 0 saturated carbocycles. The number of aromatic amines is 1. The summed E-state index contributed by atoms with van der Waals surface area (Å²) in [5, 5.41) is 6.75. The highest BCUT2D eigenvalue weighted by molar-refractivity contribution is 6.10. The highest BCUT2D eigenvalue weighted by Crippen LogP contribution is 2.39. The van der Waals surface area contributed by atoms with Gasteiger partial charge in [-0.15, -0.1) is 0 Å². The van der Waals surface area contributed by atoms with Crippen molar-refractivity contribution in [2.45, 2.75) is 39.5 Å². The minimum Gasteiger partial charge on any atom is -0.351 e. The van der Waals surface area contributed by atoms with Gasteiger partial charge in [0.05, 0.1) is 23.3 Å². The normalized spacial score (nSPS) is 11.6. The summed E-state index contributed by atoms with van der Waals surface area (Å²) in [6.45, 7) is 8.19. The van der Waals surface area contributed by atoms with E-state index in [9.17, 15) is 4.79 Å². The standard InChI is InChI=1S/C33H32N8O/c1-21-9-12-24(20-37-21)41-31(18-29(39-41)33(2,3)4)40(32(34)42)28-14-13-25(26-7-5-6-8-27(26)28)22-10-11-23(38-19-22)17-30-35-15-16-36-30/h5-16,18-20H,17H2,1-4H3,(H2,34,42)(H,35,36). The average molecular weight is 557 g/mol. The first kappa shape index (κ1) is 26.9. The van der Waals surface area contributed by atoms with Crippen LogP contribution in [-0.4, -0.2) is 35.7 Å². The molecule has 42 heavy (non-hydrogen) atoms. The summed E-state index contributed by atoms with van der Waals surface area (Å²) < 4.78 is 1.74. The zero-order valence-corrected chi connectivity index (χ0v) is 24.0. The molecule has 9 nitrogen and oxygen atoms in total. The molecule has 0 saturated heterocycles. The number of aromatic nitrogens is 6. The zero-order chi connectivity index (χ0) is 29.4. The Morgan fingerprint density at radius 2 is 1.76 bits per heavy atom. The maximum absolute atomic E-state index is 13.2. The summed E-state index contributed by atoms with van der Waals surface area (Å²) in [5.74, 6) is 1.41. The lowest BCUT2D eigenvalue weighted by molar-refractivity contribution is 0.256. The average Bonchev–Trinajstić information content (AvgIpc) is 3.65. The predicted molar refractivity (Wildman–Crippen MR) is 165 cm³/mol. The number of H-pyrrole nitrogens is 1. The third-order valence-electron chi connectivity index (χ3n) is 7.23. The molecule has 0 aliphatic rings. The first-order valence-electron chi connectivity index (χ1n) is 13.8. The topological polar surface area (TPSA) is 119 Å². The van der Waals surface area contributed by atoms with Gasteiger partial charge in [-0.2, -0.15) is 5.10 Å². The first-order valence-corrected chi connectivity index (χ1v) is 13.8. The summed E-state index contributed by atoms with van der Waals surface area (Å²) in [6.07, 6.45) is 7.80. The lowest BCUT2D eigenvalue weighted by atomic mass is 9.92. The quantitative estimate of drug-likeness (QED) is 0.239. The molecular weight excluding hydrogens is 524 g/mol. The van der Waals surface area contributed by atoms with E-state index in [-0.39, 0.29) is 5.41 Å². The number of rotatable bonds is 6. The Bertz CT molecular complexity index is 1870. The molecule has 0 spiro atoms. The van der Waals surface area contributed by atoms with Crippen LogP contribution in [0.25, 0.3) is 27.6 Å². The van der Waals surface area contributed by atoms with Gasteiger partial charge in [0.1, 0.15) is 11.6 Å². The van der Waals surface area contributed by atoms with Crippen molar-refractivity contribution in [1.29, 1.82) is 0 Å². The Hall–Kier alpha value is -5.31. The molecule has 0 aliphatic carbocycles. The molecule has 4 aromatic heterocycles. The van der Waals surface area contributed by atoms with Gasteiger partial charge in [0.25, 0.3) is 0 Å². The molecule has 6 rings (SSSR count). The van der Waals surface area contributed by atoms with Crippen molar-refractivity contribution in [1.82, 2.24) is 29.7 Å². The number of pyridine rings is 2. The van der Waals surface area contributed by atoms with E-state index in [0.29, 0.717) is 17.9 Å². The summed E-state index contributed by atoms with van der Waals surface area (Å²) in [4.78, 5) is 31.3. The Labute approximate surface area is 244 Å². The van der Waals surface area contributed by atoms with Gasteiger partial charge in [-0.25, -0.2) is 19.4 Å². The van der Waals surface area contributed by atoms with Crippen LogP contribution in [0.4, 0.5) is 16.3 Å². The van der Waals surface area contributed by atoms with Gasteiger partial charge in [0.2, 0.25) is 0 Å². The second-order valence-corrected chi connectivity index (χ2v) is 11.3. The number of hydrogen-bond donors (Lipinski definition) is 2. The van der Waals surface area contributed by atoms with Crippen LogP contribution in [0.15, 0.2) is 91.5 Å². The molecule has 0 unspecified atom stereocenters. The molecule has 0 atom stereocenters. The maximum Gasteiger partial charge on any atom is 0.325 e. The van der Waals surface area contributed by atoms with Crippen LogP contribution in [0.1, 0.15) is 43.7 Å². The van der Waals surface area contributed by atoms with E-state index < -0.39 is 6.03 Å². The number of amides is 2. The second-order valence-electron chi connectivity index (χ2n) is 11.3. The molecular formula is C33H32N8O. The van der Waals surface area contributed by atoms with E-state index in [1.807, 2.05) is 73.8 Å². The van der Waals surface area contributed by atoms with Crippen LogP contribution in [0.2, 0.25) is 0 Å². The van der Waals surface area contributed by atoms with Crippen molar-refractivity contribution in [3.63, 3.8) is 0 Å². The highest BCUT2D eigenvalue weighted by atomic mass is 16.2. The molecule has 3 N–H and O–H groups in total. The first-order chi connectivity index (χ1) is 20.2. The number of primary amides is 1. The molecule has 4 heterocycles. The second kappa shape index (κ2) is 10.6. The molecule has 0 radical (unpaired) electrons. The third-order valence-corrected chi connectivity index (χ3v) is 7.23. The van der Waals surface area contributed by atoms with Gasteiger partial charge in [0, 0.05) is 58.8 Å². The number of benzene rings is 2. The number of nitrogens with zero attached hydrogens (tertiary/aromatic N) is 6. The Balaban J connectivity index is 1.47. The smallest absolute Gasteiger partial charge is 0.325 e. The molecule has 9 heteroatoms. The summed E-state index contributed by atoms with van der Waals surface area (Å²) in [5.41, 5.74) is 11.9. The number of nitrogens with one attached hydrogen (secondary N) is 1. The molecule has 2 amide bonds. The fraction of sp³-hybridized carbons (Fsp3) is 0.182. The van der Waals surface area contributed by atoms with Gasteiger partial charge in [-0.3, -0.25) is 9.97 Å². The van der Waals surface area contributed by atoms with Crippen molar-refractivity contribution < 1.29 is 4.79 Å². The number of carbonyl (C=O) groups is 1. The van der Waals surface area contributed by atoms with E-state index >= 15 is 0 Å². The third kappa shape index (κ3) is 5.12. The van der Waals surface area contributed by atoms with Crippen LogP contribution in [0.3, 0.4) is 0 Å². The van der Waals surface area contributed by atoms with Crippen molar-refractivity contribution in [3.05, 3.63) is 114 Å². The number of nitrogens with two attached hydrogens (primary N) is 1. The van der Waals surface area contributed by atoms with E-state index in [0.717, 1.165) is 50.5 Å². The number of aryl methyl sites for hydroxylation is 1. The van der Waals surface area contributed by atoms with Crippen molar-refractivity contribution in [3.8, 4) is 16.8 Å². The molecule has 0 bridgehead atoms. The van der Waals surface area contributed by atoms with E-state index in [1.54, 1.807) is 23.3 Å². The largest absolute Gasteiger partial charge is 0.351 e. The van der Waals surface area contributed by atoms with Gasteiger partial charge < -0.3 is 10.7 Å². The van der Waals surface area contributed by atoms with Gasteiger partial charge in [-0.1, -0.05) is 57.2 Å². The summed E-state index contributed by atoms with van der Waals surface area (Å²) in [7, 11) is 0. The molecule has 0 fully saturated rings. The summed E-state index contributed by atoms with van der Waals surface area (Å²) in [6, 6.07) is 21.2. The number of anilines is 2. The lowest BCUT2D eigenvalue weighted by Crippen LogP contribution is -2.33. The number of fused-ring (bicyclic) bond motifs is 1. The van der Waals surface area contributed by atoms with Gasteiger partial charge in [0.15, 0.2) is 0 Å². The summed E-state index contributed by atoms with van der Waals surface area (Å²) >= 11 is 0. The Morgan fingerprint density at radius 1 is 0.952 bits per heavy atom. The van der Waals surface area contributed by atoms with E-state index in [4.69, 9.17) is 10.8 Å². The van der Waals surface area contributed by atoms with Crippen molar-refractivity contribution in [2.24, 2.45) is 5.73 Å². The van der Waals surface area contributed by atoms with Crippen molar-refractivity contribution in [2.75, 3.05) is 4.90 Å². The lowest BCUT2D eigenvalue weighted by Gasteiger charge is -2.24. The van der Waals surface area contributed by atoms with Crippen LogP contribution >= 0.6 is 0 Å². The molecule has 6 aromatic rings. The molecule has 210 valence electrons. The monoisotopic (exact) mass is 556 g/mol. The minimum atomic E-state index is -0.612. The van der Waals surface area contributed by atoms with Crippen LogP contribution in [0.5, 0.6) is 0 Å². The fourth-order valence-corrected chi connectivity index (χ4v) is 5.01. The molecule has 0 aliphatic heterocycles. The van der Waals surface area contributed by atoms with Crippen LogP contribution < -0.4 is 10.6 Å². The zero-order valence-electron chi connectivity index (χ0n) is 24.0. The van der Waals surface area contributed by atoms with E-state index in [1.165, 1.54) is 4.90 Å². The number of hydrogen-bond acceptors (Lipinski definition) is 5. The predicted octanol–water partition coefficient (Wildman–Crippen LogP) is 6.62. The van der Waals surface area contributed by atoms with Crippen molar-refractivity contribution >= 4 is 28.3 Å². The van der Waals surface area contributed by atoms with Crippen LogP contribution in [-0.2, 0) is 11.8 Å². The maximum atomic E-state index is 13.2. The Kier molecular flexibility index (Phi) is 6.78. The number of carbonyl (C=O) groups excluding carboxylic acids is 1. The van der Waals surface area contributed by atoms with E-state index in [2.05, 4.69) is 46.8 Å². The number of imidazole rings is 1. The SMILES string of the molecule is Cc1ccc(-n2nc(C(C)(C)C)cc2N(C(N)=O)c2ccc(-c3ccc(Cc4ncc[nH]4)nc3)c3ccccc23)cn1. The highest BCUT2D eigenvalue weighted by Gasteiger charge is 2.28. The molecule has 2 aromatic carbocycles. The minimum absolute atomic E-state index is 0.260. The fourth-order valence-electron chi connectivity index (χ4n) is 5.01. The van der Waals surface area contributed by atoms with Crippen LogP contribution in [0, 0.1) is 6.92 Å². The number of urea groups is 1. The van der Waals surface area contributed by atoms with Gasteiger partial charge >= 0.3 is 6.03 Å². The van der Waals surface area contributed by atoms with Gasteiger partial charge in [-0.05, 0) is 42.1 Å². The Morgan fingerprint density at radius 3 is 2.40 bits per heavy atom.